The van der Waals surface area contributed by atoms with E-state index >= 15 is 0 Å². The molecule has 0 aliphatic heterocycles. The van der Waals surface area contributed by atoms with Gasteiger partial charge in [0.2, 0.25) is 0 Å². The minimum atomic E-state index is -0.714. The Morgan fingerprint density at radius 1 is 1.50 bits per heavy atom. The lowest BCUT2D eigenvalue weighted by molar-refractivity contribution is 0.198. The van der Waals surface area contributed by atoms with Crippen LogP contribution in [-0.2, 0) is 0 Å². The highest BCUT2D eigenvalue weighted by atomic mass is 32.2. The van der Waals surface area contributed by atoms with Crippen LogP contribution >= 0.6 is 11.8 Å². The Kier molecular flexibility index (Phi) is 4.18. The molecular weight excluding hydrogens is 225 g/mol. The molecule has 1 N–H and O–H groups in total. The van der Waals surface area contributed by atoms with Crippen molar-refractivity contribution in [3.05, 3.63) is 29.8 Å². The average Bonchev–Trinajstić information content (AvgIpc) is 2.79. The van der Waals surface area contributed by atoms with Gasteiger partial charge in [0, 0.05) is 22.8 Å². The maximum Gasteiger partial charge on any atom is 0.147 e. The van der Waals surface area contributed by atoms with Gasteiger partial charge >= 0.3 is 0 Å². The smallest absolute Gasteiger partial charge is 0.147 e. The first-order valence-electron chi connectivity index (χ1n) is 5.66. The molecule has 1 atom stereocenters. The Morgan fingerprint density at radius 3 is 2.94 bits per heavy atom. The second kappa shape index (κ2) is 5.64. The topological polar surface area (TPSA) is 33.1 Å². The number of rotatable bonds is 4. The first-order valence-corrected chi connectivity index (χ1v) is 6.71. The van der Waals surface area contributed by atoms with Crippen LogP contribution in [0.3, 0.4) is 0 Å². The predicted octanol–water partition coefficient (Wildman–Crippen LogP) is 2.93. The van der Waals surface area contributed by atoms with E-state index in [9.17, 15) is 9.50 Å². The molecule has 0 bridgehead atoms. The average molecular weight is 241 g/mol. The number of thioether (sulfide) groups is 1. The third kappa shape index (κ3) is 2.95. The number of aliphatic hydroxyl groups excluding tert-OH is 1. The summed E-state index contributed by atoms with van der Waals surface area (Å²) in [5, 5.41) is 10.5. The molecule has 1 aliphatic rings. The molecule has 4 heteroatoms. The van der Waals surface area contributed by atoms with Crippen LogP contribution in [-0.4, -0.2) is 21.1 Å². The van der Waals surface area contributed by atoms with Gasteiger partial charge in [-0.25, -0.2) is 4.39 Å². The van der Waals surface area contributed by atoms with Crippen LogP contribution in [0.25, 0.3) is 0 Å². The fourth-order valence-corrected chi connectivity index (χ4v) is 3.33. The highest BCUT2D eigenvalue weighted by molar-refractivity contribution is 7.99. The monoisotopic (exact) mass is 241 g/mol. The zero-order valence-corrected chi connectivity index (χ0v) is 9.92. The molecule has 1 aromatic heterocycles. The van der Waals surface area contributed by atoms with E-state index in [1.54, 1.807) is 17.8 Å². The number of aromatic nitrogens is 1. The maximum atomic E-state index is 13.3. The van der Waals surface area contributed by atoms with Crippen LogP contribution in [0.1, 0.15) is 37.4 Å². The van der Waals surface area contributed by atoms with Gasteiger partial charge in [-0.05, 0) is 18.9 Å². The third-order valence-corrected chi connectivity index (χ3v) is 4.41. The summed E-state index contributed by atoms with van der Waals surface area (Å²) in [6, 6.07) is 1.55. The van der Waals surface area contributed by atoms with Gasteiger partial charge in [0.1, 0.15) is 5.82 Å². The van der Waals surface area contributed by atoms with E-state index in [0.717, 1.165) is 6.20 Å². The van der Waals surface area contributed by atoms with E-state index in [4.69, 9.17) is 0 Å². The molecule has 1 aromatic rings. The summed E-state index contributed by atoms with van der Waals surface area (Å²) >= 11 is 1.76. The van der Waals surface area contributed by atoms with Crippen molar-refractivity contribution in [2.45, 2.75) is 37.0 Å². The number of pyridine rings is 1. The minimum Gasteiger partial charge on any atom is -0.387 e. The highest BCUT2D eigenvalue weighted by Crippen LogP contribution is 2.32. The summed E-state index contributed by atoms with van der Waals surface area (Å²) in [6.07, 6.45) is 7.00. The SMILES string of the molecule is OC(CSC1CCCC1)c1ccncc1F. The number of nitrogens with zero attached hydrogens (tertiary/aromatic N) is 1. The van der Waals surface area contributed by atoms with Crippen LogP contribution < -0.4 is 0 Å². The van der Waals surface area contributed by atoms with E-state index in [-0.39, 0.29) is 0 Å². The first kappa shape index (κ1) is 11.9. The molecule has 16 heavy (non-hydrogen) atoms. The summed E-state index contributed by atoms with van der Waals surface area (Å²) in [5.41, 5.74) is 0.362. The van der Waals surface area contributed by atoms with Crippen LogP contribution in [0, 0.1) is 5.82 Å². The molecule has 1 unspecified atom stereocenters. The molecule has 2 rings (SSSR count). The normalized spacial score (nSPS) is 18.9. The maximum absolute atomic E-state index is 13.3. The van der Waals surface area contributed by atoms with Gasteiger partial charge in [-0.2, -0.15) is 11.8 Å². The summed E-state index contributed by atoms with van der Waals surface area (Å²) in [6.45, 7) is 0. The summed E-state index contributed by atoms with van der Waals surface area (Å²) in [7, 11) is 0. The lowest BCUT2D eigenvalue weighted by atomic mass is 10.2. The molecule has 1 saturated carbocycles. The second-order valence-corrected chi connectivity index (χ2v) is 5.49. The van der Waals surface area contributed by atoms with Crippen molar-refractivity contribution in [2.24, 2.45) is 0 Å². The van der Waals surface area contributed by atoms with Gasteiger partial charge in [-0.1, -0.05) is 12.8 Å². The van der Waals surface area contributed by atoms with Gasteiger partial charge in [-0.15, -0.1) is 0 Å². The minimum absolute atomic E-state index is 0.362. The molecule has 2 nitrogen and oxygen atoms in total. The van der Waals surface area contributed by atoms with Gasteiger partial charge in [0.25, 0.3) is 0 Å². The van der Waals surface area contributed by atoms with Gasteiger partial charge in [0.05, 0.1) is 12.3 Å². The van der Waals surface area contributed by atoms with Crippen molar-refractivity contribution in [1.29, 1.82) is 0 Å². The van der Waals surface area contributed by atoms with Crippen molar-refractivity contribution in [3.63, 3.8) is 0 Å². The van der Waals surface area contributed by atoms with Crippen LogP contribution in [0.15, 0.2) is 18.5 Å². The Bertz CT molecular complexity index is 342. The molecule has 1 fully saturated rings. The van der Waals surface area contributed by atoms with Crippen molar-refractivity contribution >= 4 is 11.8 Å². The molecule has 88 valence electrons. The van der Waals surface area contributed by atoms with Gasteiger partial charge in [-0.3, -0.25) is 4.98 Å². The molecule has 0 radical (unpaired) electrons. The molecule has 1 heterocycles. The molecular formula is C12H16FNOS. The fraction of sp³-hybridized carbons (Fsp3) is 0.583. The van der Waals surface area contributed by atoms with Crippen molar-refractivity contribution < 1.29 is 9.50 Å². The second-order valence-electron chi connectivity index (χ2n) is 4.15. The molecule has 0 spiro atoms. The van der Waals surface area contributed by atoms with E-state index in [0.29, 0.717) is 16.6 Å². The first-order chi connectivity index (χ1) is 7.77. The van der Waals surface area contributed by atoms with Crippen molar-refractivity contribution in [3.8, 4) is 0 Å². The predicted molar refractivity (Wildman–Crippen MR) is 63.9 cm³/mol. The van der Waals surface area contributed by atoms with E-state index in [1.165, 1.54) is 31.9 Å². The number of aliphatic hydroxyl groups is 1. The number of hydrogen-bond donors (Lipinski definition) is 1. The van der Waals surface area contributed by atoms with Crippen LogP contribution in [0.2, 0.25) is 0 Å². The standard InChI is InChI=1S/C12H16FNOS/c13-11-7-14-6-5-10(11)12(15)8-16-9-3-1-2-4-9/h5-7,9,12,15H,1-4,8H2. The molecule has 0 saturated heterocycles. The fourth-order valence-electron chi connectivity index (χ4n) is 2.03. The summed E-state index contributed by atoms with van der Waals surface area (Å²) < 4.78 is 13.3. The third-order valence-electron chi connectivity index (χ3n) is 2.95. The lowest BCUT2D eigenvalue weighted by Gasteiger charge is -2.14. The Hall–Kier alpha value is -0.610. The summed E-state index contributed by atoms with van der Waals surface area (Å²) in [5.74, 6) is 0.160. The van der Waals surface area contributed by atoms with Crippen LogP contribution in [0.5, 0.6) is 0 Å². The Balaban J connectivity index is 1.87. The number of hydrogen-bond acceptors (Lipinski definition) is 3. The Labute approximate surface area is 99.3 Å². The highest BCUT2D eigenvalue weighted by Gasteiger charge is 2.19. The quantitative estimate of drug-likeness (QED) is 0.879. The van der Waals surface area contributed by atoms with E-state index in [1.807, 2.05) is 0 Å². The van der Waals surface area contributed by atoms with E-state index < -0.39 is 11.9 Å². The van der Waals surface area contributed by atoms with Crippen LogP contribution in [0.4, 0.5) is 4.39 Å². The Morgan fingerprint density at radius 2 is 2.25 bits per heavy atom. The number of halogens is 1. The molecule has 1 aliphatic carbocycles. The van der Waals surface area contributed by atoms with Gasteiger partial charge < -0.3 is 5.11 Å². The van der Waals surface area contributed by atoms with Crippen molar-refractivity contribution in [1.82, 2.24) is 4.98 Å². The summed E-state index contributed by atoms with van der Waals surface area (Å²) in [4.78, 5) is 3.67. The lowest BCUT2D eigenvalue weighted by Crippen LogP contribution is -2.07. The zero-order valence-electron chi connectivity index (χ0n) is 9.10. The van der Waals surface area contributed by atoms with Gasteiger partial charge in [0.15, 0.2) is 0 Å². The van der Waals surface area contributed by atoms with E-state index in [2.05, 4.69) is 4.98 Å². The molecule has 0 amide bonds. The largest absolute Gasteiger partial charge is 0.387 e. The molecule has 0 aromatic carbocycles. The van der Waals surface area contributed by atoms with Crippen molar-refractivity contribution in [2.75, 3.05) is 5.75 Å². The zero-order chi connectivity index (χ0) is 11.4.